The first-order chi connectivity index (χ1) is 27.1. The van der Waals surface area contributed by atoms with Crippen molar-refractivity contribution in [1.29, 1.82) is 5.26 Å². The molecule has 5 heterocycles. The quantitative estimate of drug-likeness (QED) is 0.308. The third kappa shape index (κ3) is 6.96. The number of nitrogens with zero attached hydrogens (tertiary/aromatic N) is 6. The molecule has 1 aromatic heterocycles. The van der Waals surface area contributed by atoms with Crippen molar-refractivity contribution < 1.29 is 37.1 Å². The molecule has 57 heavy (non-hydrogen) atoms. The molecule has 5 amide bonds. The zero-order chi connectivity index (χ0) is 40.4. The lowest BCUT2D eigenvalue weighted by molar-refractivity contribution is -0.138. The van der Waals surface area contributed by atoms with Crippen LogP contribution in [0.3, 0.4) is 0 Å². The number of alkyl halides is 3. The Morgan fingerprint density at radius 3 is 2.32 bits per heavy atom. The maximum absolute atomic E-state index is 13.5. The smallest absolute Gasteiger partial charge is 0.370 e. The van der Waals surface area contributed by atoms with Crippen molar-refractivity contribution in [2.75, 3.05) is 36.4 Å². The summed E-state index contributed by atoms with van der Waals surface area (Å²) in [4.78, 5) is 69.6. The molecule has 2 N–H and O–H groups in total. The van der Waals surface area contributed by atoms with Crippen LogP contribution in [-0.2, 0) is 26.1 Å². The molecular formula is C41H43F3N8O5. The number of nitrogens with one attached hydrogen (secondary N) is 2. The molecule has 13 nitrogen and oxygen atoms in total. The van der Waals surface area contributed by atoms with Gasteiger partial charge in [0.25, 0.3) is 17.7 Å². The molecule has 1 atom stereocenters. The van der Waals surface area contributed by atoms with Crippen molar-refractivity contribution in [1.82, 2.24) is 24.9 Å². The van der Waals surface area contributed by atoms with E-state index in [0.717, 1.165) is 93.0 Å². The fourth-order valence-corrected chi connectivity index (χ4v) is 9.29. The second kappa shape index (κ2) is 14.1. The summed E-state index contributed by atoms with van der Waals surface area (Å²) in [5.41, 5.74) is -0.190. The van der Waals surface area contributed by atoms with Gasteiger partial charge in [-0.15, -0.1) is 0 Å². The first kappa shape index (κ1) is 38.3. The first-order valence-electron chi connectivity index (χ1n) is 19.4. The van der Waals surface area contributed by atoms with Crippen molar-refractivity contribution in [3.63, 3.8) is 0 Å². The number of benzene rings is 2. The molecule has 1 aliphatic carbocycles. The van der Waals surface area contributed by atoms with Crippen molar-refractivity contribution in [2.45, 2.75) is 94.9 Å². The summed E-state index contributed by atoms with van der Waals surface area (Å²) in [6.07, 6.45) is 5.38. The molecule has 298 valence electrons. The van der Waals surface area contributed by atoms with Gasteiger partial charge in [-0.25, -0.2) is 0 Å². The molecule has 0 bridgehead atoms. The number of likely N-dealkylation sites (tertiary alicyclic amines) is 1. The van der Waals surface area contributed by atoms with Gasteiger partial charge in [0.05, 0.1) is 34.5 Å². The second-order valence-electron chi connectivity index (χ2n) is 16.7. The van der Waals surface area contributed by atoms with Crippen LogP contribution in [0.4, 0.5) is 24.5 Å². The van der Waals surface area contributed by atoms with Gasteiger partial charge in [-0.3, -0.25) is 38.9 Å². The van der Waals surface area contributed by atoms with Crippen LogP contribution in [0, 0.1) is 16.7 Å². The summed E-state index contributed by atoms with van der Waals surface area (Å²) in [6.45, 7) is 6.95. The molecule has 4 fully saturated rings. The Morgan fingerprint density at radius 1 is 0.947 bits per heavy atom. The Kier molecular flexibility index (Phi) is 9.49. The molecule has 0 radical (unpaired) electrons. The van der Waals surface area contributed by atoms with Gasteiger partial charge in [-0.05, 0) is 120 Å². The molecule has 5 aliphatic rings. The monoisotopic (exact) mass is 784 g/mol. The van der Waals surface area contributed by atoms with Crippen LogP contribution < -0.4 is 15.5 Å². The number of fused-ring (bicyclic) bond motifs is 1. The lowest BCUT2D eigenvalue weighted by atomic mass is 9.67. The van der Waals surface area contributed by atoms with E-state index < -0.39 is 58.4 Å². The topological polar surface area (TPSA) is 161 Å². The van der Waals surface area contributed by atoms with Crippen LogP contribution in [0.1, 0.15) is 109 Å². The summed E-state index contributed by atoms with van der Waals surface area (Å²) in [7, 11) is 0. The van der Waals surface area contributed by atoms with Crippen LogP contribution in [0.5, 0.6) is 0 Å². The minimum Gasteiger partial charge on any atom is -0.370 e. The Labute approximate surface area is 327 Å². The number of halogens is 3. The van der Waals surface area contributed by atoms with E-state index in [1.54, 1.807) is 42.9 Å². The zero-order valence-electron chi connectivity index (χ0n) is 31.7. The number of amides is 5. The molecule has 1 spiro atoms. The number of anilines is 2. The Bertz CT molecular complexity index is 2200. The number of piperidine rings is 2. The highest BCUT2D eigenvalue weighted by atomic mass is 19.4. The van der Waals surface area contributed by atoms with Gasteiger partial charge in [-0.2, -0.15) is 23.5 Å². The number of carbonyl (C=O) groups excluding carboxylic acids is 5. The molecule has 1 saturated carbocycles. The average Bonchev–Trinajstić information content (AvgIpc) is 3.77. The maximum Gasteiger partial charge on any atom is 0.417 e. The van der Waals surface area contributed by atoms with E-state index in [0.29, 0.717) is 11.6 Å². The molecule has 16 heteroatoms. The zero-order valence-corrected chi connectivity index (χ0v) is 31.7. The molecule has 3 aromatic rings. The third-order valence-electron chi connectivity index (χ3n) is 12.8. The van der Waals surface area contributed by atoms with Gasteiger partial charge >= 0.3 is 6.18 Å². The Hall–Kier alpha value is -5.56. The van der Waals surface area contributed by atoms with Gasteiger partial charge < -0.3 is 15.1 Å². The van der Waals surface area contributed by atoms with Crippen LogP contribution in [0.15, 0.2) is 48.8 Å². The van der Waals surface area contributed by atoms with Crippen LogP contribution >= 0.6 is 0 Å². The standard InChI is InChI=1S/C41H43F3N8O5/c1-39(2,38(57)47-27-4-3-25(19-45)32(17-27)41(42,43)44)51-21-26(20-46-51)24-11-15-49(16-12-24)28-9-13-40(14-10-28)22-50(23-40)29-5-6-30-31(18-29)37(56)52(36(30)55)33-7-8-34(53)48-35(33)54/h3-6,17-18,20-21,24,28,33H,7-16,22-23H2,1-2H3,(H,47,57)(H,48,53,54). The van der Waals surface area contributed by atoms with E-state index in [1.165, 1.54) is 6.07 Å². The minimum absolute atomic E-state index is 0.0560. The normalized spacial score (nSPS) is 22.0. The molecule has 1 unspecified atom stereocenters. The van der Waals surface area contributed by atoms with E-state index in [2.05, 4.69) is 25.5 Å². The molecule has 8 rings (SSSR count). The number of hydrogen-bond acceptors (Lipinski definition) is 9. The molecule has 3 saturated heterocycles. The average molecular weight is 785 g/mol. The van der Waals surface area contributed by atoms with Crippen molar-refractivity contribution in [3.8, 4) is 6.07 Å². The number of nitriles is 1. The highest BCUT2D eigenvalue weighted by Gasteiger charge is 2.48. The largest absolute Gasteiger partial charge is 0.417 e. The fourth-order valence-electron chi connectivity index (χ4n) is 9.29. The van der Waals surface area contributed by atoms with Crippen molar-refractivity contribution in [3.05, 3.63) is 76.6 Å². The second-order valence-corrected chi connectivity index (χ2v) is 16.7. The maximum atomic E-state index is 13.5. The molecule has 4 aliphatic heterocycles. The fraction of sp³-hybridized carbons (Fsp3) is 0.488. The van der Waals surface area contributed by atoms with Crippen molar-refractivity contribution in [2.24, 2.45) is 5.41 Å². The number of carbonyl (C=O) groups is 5. The van der Waals surface area contributed by atoms with Crippen molar-refractivity contribution >= 4 is 40.9 Å². The highest BCUT2D eigenvalue weighted by Crippen LogP contribution is 2.47. The van der Waals surface area contributed by atoms with Gasteiger partial charge in [0.1, 0.15) is 11.6 Å². The van der Waals surface area contributed by atoms with E-state index in [1.807, 2.05) is 12.3 Å². The van der Waals surface area contributed by atoms with Gasteiger partial charge in [0, 0.05) is 48.5 Å². The minimum atomic E-state index is -4.74. The highest BCUT2D eigenvalue weighted by molar-refractivity contribution is 6.23. The lowest BCUT2D eigenvalue weighted by Gasteiger charge is -2.55. The lowest BCUT2D eigenvalue weighted by Crippen LogP contribution is -2.59. The predicted molar refractivity (Wildman–Crippen MR) is 200 cm³/mol. The van der Waals surface area contributed by atoms with Crippen LogP contribution in [-0.4, -0.2) is 87.4 Å². The van der Waals surface area contributed by atoms with Gasteiger partial charge in [0.15, 0.2) is 0 Å². The SMILES string of the molecule is CC(C)(C(=O)Nc1ccc(C#N)c(C(F)(F)F)c1)n1cc(C2CCN(C3CCC4(CC3)CN(c3ccc5c(c3)C(=O)N(C3CCC(=O)NC3=O)C5=O)C4)CC2)cn1. The van der Waals surface area contributed by atoms with Crippen LogP contribution in [0.2, 0.25) is 0 Å². The van der Waals surface area contributed by atoms with E-state index in [-0.39, 0.29) is 35.4 Å². The van der Waals surface area contributed by atoms with E-state index >= 15 is 0 Å². The molecular weight excluding hydrogens is 741 g/mol. The summed E-state index contributed by atoms with van der Waals surface area (Å²) in [5, 5.41) is 18.4. The summed E-state index contributed by atoms with van der Waals surface area (Å²) >= 11 is 0. The summed E-state index contributed by atoms with van der Waals surface area (Å²) in [5.74, 6) is -2.30. The summed E-state index contributed by atoms with van der Waals surface area (Å²) in [6, 6.07) is 9.45. The van der Waals surface area contributed by atoms with Crippen LogP contribution in [0.25, 0.3) is 0 Å². The number of hydrogen-bond donors (Lipinski definition) is 2. The predicted octanol–water partition coefficient (Wildman–Crippen LogP) is 5.18. The Balaban J connectivity index is 0.816. The van der Waals surface area contributed by atoms with Gasteiger partial charge in [0.2, 0.25) is 11.8 Å². The number of aromatic nitrogens is 2. The third-order valence-corrected chi connectivity index (χ3v) is 12.8. The van der Waals surface area contributed by atoms with Gasteiger partial charge in [-0.1, -0.05) is 0 Å². The Morgan fingerprint density at radius 2 is 1.65 bits per heavy atom. The number of imide groups is 2. The summed E-state index contributed by atoms with van der Waals surface area (Å²) < 4.78 is 42.0. The molecule has 2 aromatic carbocycles. The first-order valence-corrected chi connectivity index (χ1v) is 19.4. The van der Waals surface area contributed by atoms with E-state index in [9.17, 15) is 37.1 Å². The van der Waals surface area contributed by atoms with E-state index in [4.69, 9.17) is 5.26 Å². The number of rotatable bonds is 7.